The maximum absolute atomic E-state index is 4.56. The topological polar surface area (TPSA) is 28.7 Å². The number of rotatable bonds is 4. The highest BCUT2D eigenvalue weighted by molar-refractivity contribution is 5.83. The summed E-state index contributed by atoms with van der Waals surface area (Å²) in [5.74, 6) is 1.67. The minimum absolute atomic E-state index is 0. The highest BCUT2D eigenvalue weighted by atomic mass is 14.9. The van der Waals surface area contributed by atoms with Gasteiger partial charge in [0.25, 0.3) is 0 Å². The van der Waals surface area contributed by atoms with Crippen molar-refractivity contribution in [1.29, 1.82) is 0 Å². The monoisotopic (exact) mass is 316 g/mol. The normalized spacial score (nSPS) is 17.2. The summed E-state index contributed by atoms with van der Waals surface area (Å²) in [5, 5.41) is 2.60. The molecule has 4 rings (SSSR count). The van der Waals surface area contributed by atoms with Gasteiger partial charge in [-0.25, -0.2) is 4.98 Å². The van der Waals surface area contributed by atoms with Crippen LogP contribution in [0.5, 0.6) is 0 Å². The van der Waals surface area contributed by atoms with Crippen LogP contribution in [0, 0.1) is 5.92 Å². The quantitative estimate of drug-likeness (QED) is 0.669. The maximum atomic E-state index is 4.56. The molecule has 0 amide bonds. The summed E-state index contributed by atoms with van der Waals surface area (Å²) < 4.78 is 0. The highest BCUT2D eigenvalue weighted by Crippen LogP contribution is 2.23. The zero-order chi connectivity index (χ0) is 16.4. The van der Waals surface area contributed by atoms with Gasteiger partial charge in [-0.3, -0.25) is 0 Å². The van der Waals surface area contributed by atoms with Crippen LogP contribution in [0.15, 0.2) is 66.9 Å². The summed E-state index contributed by atoms with van der Waals surface area (Å²) in [6, 6.07) is 15.2. The number of H-pyrrole nitrogens is 1. The van der Waals surface area contributed by atoms with E-state index in [0.29, 0.717) is 5.92 Å². The van der Waals surface area contributed by atoms with Gasteiger partial charge in [0.05, 0.1) is 11.9 Å². The number of aryl methyl sites for hydroxylation is 2. The fourth-order valence-corrected chi connectivity index (χ4v) is 3.31. The number of hydrogen-bond acceptors (Lipinski definition) is 1. The van der Waals surface area contributed by atoms with Gasteiger partial charge >= 0.3 is 0 Å². The summed E-state index contributed by atoms with van der Waals surface area (Å²) in [4.78, 5) is 8.04. The Morgan fingerprint density at radius 1 is 1.12 bits per heavy atom. The Balaban J connectivity index is 0.00000182. The number of nitrogens with one attached hydrogen (secondary N) is 1. The molecular formula is C22H24N2. The number of allylic oxidation sites excluding steroid dienone is 4. The number of nitrogens with zero attached hydrogens (tertiary/aromatic N) is 1. The third-order valence-corrected chi connectivity index (χ3v) is 4.67. The van der Waals surface area contributed by atoms with Gasteiger partial charge in [-0.2, -0.15) is 0 Å². The molecule has 122 valence electrons. The molecule has 0 saturated carbocycles. The van der Waals surface area contributed by atoms with Crippen LogP contribution in [0.4, 0.5) is 0 Å². The first-order valence-electron chi connectivity index (χ1n) is 8.68. The molecule has 1 unspecified atom stereocenters. The van der Waals surface area contributed by atoms with Crippen molar-refractivity contribution in [3.05, 3.63) is 84.0 Å². The minimum Gasteiger partial charge on any atom is -0.342 e. The van der Waals surface area contributed by atoms with Crippen molar-refractivity contribution < 1.29 is 1.43 Å². The van der Waals surface area contributed by atoms with Crippen LogP contribution >= 0.6 is 0 Å². The average molecular weight is 316 g/mol. The molecule has 1 heterocycles. The first-order valence-corrected chi connectivity index (χ1v) is 8.68. The highest BCUT2D eigenvalue weighted by Gasteiger charge is 2.09. The molecule has 2 nitrogen and oxygen atoms in total. The van der Waals surface area contributed by atoms with Crippen molar-refractivity contribution in [2.75, 3.05) is 0 Å². The van der Waals surface area contributed by atoms with Crippen LogP contribution in [-0.2, 0) is 12.8 Å². The molecule has 0 spiro atoms. The van der Waals surface area contributed by atoms with E-state index in [4.69, 9.17) is 0 Å². The number of fused-ring (bicyclic) bond motifs is 1. The van der Waals surface area contributed by atoms with Gasteiger partial charge < -0.3 is 4.98 Å². The van der Waals surface area contributed by atoms with Crippen molar-refractivity contribution in [2.24, 2.45) is 5.92 Å². The third kappa shape index (κ3) is 3.18. The Hall–Kier alpha value is -2.61. The predicted molar refractivity (Wildman–Crippen MR) is 103 cm³/mol. The van der Waals surface area contributed by atoms with Crippen LogP contribution in [-0.4, -0.2) is 9.97 Å². The summed E-state index contributed by atoms with van der Waals surface area (Å²) in [6.07, 6.45) is 11.8. The lowest BCUT2D eigenvalue weighted by Crippen LogP contribution is -1.96. The predicted octanol–water partition coefficient (Wildman–Crippen LogP) is 5.57. The molecule has 1 aliphatic rings. The Kier molecular flexibility index (Phi) is 4.04. The van der Waals surface area contributed by atoms with Crippen molar-refractivity contribution in [3.8, 4) is 0 Å². The number of imidazole rings is 1. The van der Waals surface area contributed by atoms with Gasteiger partial charge in [0.15, 0.2) is 0 Å². The van der Waals surface area contributed by atoms with Gasteiger partial charge in [0.1, 0.15) is 5.82 Å². The van der Waals surface area contributed by atoms with Crippen LogP contribution in [0.3, 0.4) is 0 Å². The molecule has 0 fully saturated rings. The average Bonchev–Trinajstić information content (AvgIpc) is 3.09. The van der Waals surface area contributed by atoms with Gasteiger partial charge in [-0.1, -0.05) is 67.6 Å². The zero-order valence-electron chi connectivity index (χ0n) is 14.0. The molecule has 24 heavy (non-hydrogen) atoms. The number of hydrogen-bond donors (Lipinski definition) is 1. The molecule has 0 aliphatic heterocycles. The lowest BCUT2D eigenvalue weighted by molar-refractivity contribution is 0.739. The fourth-order valence-electron chi connectivity index (χ4n) is 3.31. The van der Waals surface area contributed by atoms with E-state index in [9.17, 15) is 0 Å². The molecule has 1 N–H and O–H groups in total. The second kappa shape index (κ2) is 6.48. The molecule has 1 aliphatic carbocycles. The van der Waals surface area contributed by atoms with Crippen molar-refractivity contribution >= 4 is 16.3 Å². The van der Waals surface area contributed by atoms with E-state index >= 15 is 0 Å². The van der Waals surface area contributed by atoms with Gasteiger partial charge in [-0.05, 0) is 40.7 Å². The van der Waals surface area contributed by atoms with Crippen molar-refractivity contribution in [1.82, 2.24) is 9.97 Å². The Bertz CT molecular complexity index is 920. The lowest BCUT2D eigenvalue weighted by Gasteiger charge is -2.10. The number of aromatic amines is 1. The second-order valence-electron chi connectivity index (χ2n) is 6.66. The maximum Gasteiger partial charge on any atom is 0.106 e. The van der Waals surface area contributed by atoms with Gasteiger partial charge in [0.2, 0.25) is 0 Å². The molecule has 0 radical (unpaired) electrons. The van der Waals surface area contributed by atoms with E-state index in [0.717, 1.165) is 30.8 Å². The summed E-state index contributed by atoms with van der Waals surface area (Å²) in [7, 11) is 0. The summed E-state index contributed by atoms with van der Waals surface area (Å²) >= 11 is 0. The van der Waals surface area contributed by atoms with E-state index in [-0.39, 0.29) is 1.43 Å². The van der Waals surface area contributed by atoms with Crippen LogP contribution in [0.2, 0.25) is 0 Å². The Morgan fingerprint density at radius 2 is 2.00 bits per heavy atom. The molecule has 1 aromatic heterocycles. The smallest absolute Gasteiger partial charge is 0.106 e. The Labute approximate surface area is 144 Å². The van der Waals surface area contributed by atoms with E-state index in [1.807, 2.05) is 6.20 Å². The number of aromatic nitrogens is 2. The molecular weight excluding hydrogens is 292 g/mol. The molecule has 3 aromatic rings. The SMILES string of the molecule is CC1C=C(c2cnc(CCc3ccc4ccccc4c3)[nH]2)C=CC1.[HH]. The molecule has 0 bridgehead atoms. The lowest BCUT2D eigenvalue weighted by atomic mass is 9.97. The van der Waals surface area contributed by atoms with Crippen molar-refractivity contribution in [2.45, 2.75) is 26.2 Å². The zero-order valence-corrected chi connectivity index (χ0v) is 14.0. The molecule has 1 atom stereocenters. The third-order valence-electron chi connectivity index (χ3n) is 4.67. The van der Waals surface area contributed by atoms with Crippen molar-refractivity contribution in [3.63, 3.8) is 0 Å². The van der Waals surface area contributed by atoms with E-state index in [1.54, 1.807) is 0 Å². The standard InChI is InChI=1S/C22H22N2.H2/c1-16-5-4-8-20(13-16)21-15-23-22(24-21)12-10-17-9-11-18-6-2-3-7-19(18)14-17;/h2-4,6-9,11,13-16H,5,10,12H2,1H3,(H,23,24);1H. The summed E-state index contributed by atoms with van der Waals surface area (Å²) in [6.45, 7) is 2.25. The first-order chi connectivity index (χ1) is 11.8. The number of benzene rings is 2. The van der Waals surface area contributed by atoms with Crippen LogP contribution in [0.1, 0.15) is 31.9 Å². The fraction of sp³-hybridized carbons (Fsp3) is 0.227. The van der Waals surface area contributed by atoms with Gasteiger partial charge in [0, 0.05) is 7.85 Å². The van der Waals surface area contributed by atoms with E-state index in [2.05, 4.69) is 77.6 Å². The second-order valence-corrected chi connectivity index (χ2v) is 6.66. The molecule has 0 saturated heterocycles. The molecule has 2 aromatic carbocycles. The van der Waals surface area contributed by atoms with Crippen LogP contribution in [0.25, 0.3) is 16.3 Å². The minimum atomic E-state index is 0. The Morgan fingerprint density at radius 3 is 2.88 bits per heavy atom. The van der Waals surface area contributed by atoms with Gasteiger partial charge in [-0.15, -0.1) is 0 Å². The van der Waals surface area contributed by atoms with Crippen LogP contribution < -0.4 is 0 Å². The van der Waals surface area contributed by atoms with E-state index in [1.165, 1.54) is 21.9 Å². The van der Waals surface area contributed by atoms with E-state index < -0.39 is 0 Å². The largest absolute Gasteiger partial charge is 0.342 e. The molecule has 2 heteroatoms. The summed E-state index contributed by atoms with van der Waals surface area (Å²) in [5.41, 5.74) is 3.75. The first kappa shape index (κ1) is 14.9.